The fourth-order valence-corrected chi connectivity index (χ4v) is 2.67. The Morgan fingerprint density at radius 3 is 3.05 bits per heavy atom. The van der Waals surface area contributed by atoms with E-state index in [1.165, 1.54) is 23.7 Å². The van der Waals surface area contributed by atoms with Crippen LogP contribution in [0.5, 0.6) is 0 Å². The SMILES string of the molecule is Brc1ccc2c(ccn2Cc2nc(C3CC3)no2)c1. The van der Waals surface area contributed by atoms with Crippen molar-refractivity contribution in [1.82, 2.24) is 14.7 Å². The summed E-state index contributed by atoms with van der Waals surface area (Å²) in [6, 6.07) is 8.34. The van der Waals surface area contributed by atoms with Crippen molar-refractivity contribution < 1.29 is 4.52 Å². The number of halogens is 1. The van der Waals surface area contributed by atoms with Gasteiger partial charge in [0.05, 0.1) is 0 Å². The van der Waals surface area contributed by atoms with Gasteiger partial charge in [0.15, 0.2) is 5.82 Å². The molecule has 2 heterocycles. The van der Waals surface area contributed by atoms with Crippen LogP contribution in [-0.2, 0) is 6.54 Å². The second-order valence-corrected chi connectivity index (χ2v) is 5.88. The molecule has 0 spiro atoms. The first-order chi connectivity index (χ1) is 9.29. The average molecular weight is 318 g/mol. The third-order valence-corrected chi connectivity index (χ3v) is 3.96. The summed E-state index contributed by atoms with van der Waals surface area (Å²) in [5, 5.41) is 5.25. The molecule has 4 rings (SSSR count). The van der Waals surface area contributed by atoms with Gasteiger partial charge in [0.2, 0.25) is 5.89 Å². The zero-order valence-electron chi connectivity index (χ0n) is 10.2. The van der Waals surface area contributed by atoms with E-state index in [1.807, 2.05) is 6.07 Å². The van der Waals surface area contributed by atoms with Gasteiger partial charge in [-0.3, -0.25) is 0 Å². The van der Waals surface area contributed by atoms with Crippen molar-refractivity contribution in [3.8, 4) is 0 Å². The lowest BCUT2D eigenvalue weighted by Crippen LogP contribution is -1.98. The minimum atomic E-state index is 0.537. The van der Waals surface area contributed by atoms with Gasteiger partial charge < -0.3 is 9.09 Å². The molecule has 19 heavy (non-hydrogen) atoms. The van der Waals surface area contributed by atoms with E-state index in [0.29, 0.717) is 18.4 Å². The van der Waals surface area contributed by atoms with Gasteiger partial charge in [-0.05, 0) is 37.1 Å². The maximum Gasteiger partial charge on any atom is 0.246 e. The largest absolute Gasteiger partial charge is 0.338 e. The topological polar surface area (TPSA) is 43.9 Å². The van der Waals surface area contributed by atoms with Crippen molar-refractivity contribution in [2.24, 2.45) is 0 Å². The molecule has 1 aliphatic rings. The van der Waals surface area contributed by atoms with E-state index in [4.69, 9.17) is 4.52 Å². The van der Waals surface area contributed by atoms with Gasteiger partial charge in [-0.15, -0.1) is 0 Å². The van der Waals surface area contributed by atoms with E-state index in [0.717, 1.165) is 10.3 Å². The summed E-state index contributed by atoms with van der Waals surface area (Å²) in [4.78, 5) is 4.46. The molecule has 4 nitrogen and oxygen atoms in total. The van der Waals surface area contributed by atoms with E-state index >= 15 is 0 Å². The number of rotatable bonds is 3. The number of hydrogen-bond donors (Lipinski definition) is 0. The highest BCUT2D eigenvalue weighted by Gasteiger charge is 2.28. The fraction of sp³-hybridized carbons (Fsp3) is 0.286. The molecular weight excluding hydrogens is 306 g/mol. The highest BCUT2D eigenvalue weighted by molar-refractivity contribution is 9.10. The number of hydrogen-bond acceptors (Lipinski definition) is 3. The quantitative estimate of drug-likeness (QED) is 0.739. The molecule has 2 aromatic heterocycles. The van der Waals surface area contributed by atoms with Crippen LogP contribution < -0.4 is 0 Å². The first-order valence-electron chi connectivity index (χ1n) is 6.36. The Morgan fingerprint density at radius 1 is 1.32 bits per heavy atom. The van der Waals surface area contributed by atoms with Crippen LogP contribution >= 0.6 is 15.9 Å². The van der Waals surface area contributed by atoms with Crippen molar-refractivity contribution in [1.29, 1.82) is 0 Å². The van der Waals surface area contributed by atoms with E-state index < -0.39 is 0 Å². The third kappa shape index (κ3) is 2.08. The molecule has 0 saturated heterocycles. The van der Waals surface area contributed by atoms with Crippen molar-refractivity contribution in [3.63, 3.8) is 0 Å². The van der Waals surface area contributed by atoms with E-state index in [2.05, 4.69) is 55.0 Å². The molecule has 0 amide bonds. The van der Waals surface area contributed by atoms with Gasteiger partial charge in [-0.1, -0.05) is 21.1 Å². The Morgan fingerprint density at radius 2 is 2.21 bits per heavy atom. The number of fused-ring (bicyclic) bond motifs is 1. The standard InChI is InChI=1S/C14H12BrN3O/c15-11-3-4-12-10(7-11)5-6-18(12)8-13-16-14(17-19-13)9-1-2-9/h3-7,9H,1-2,8H2. The van der Waals surface area contributed by atoms with Crippen LogP contribution in [0.4, 0.5) is 0 Å². The predicted molar refractivity (Wildman–Crippen MR) is 75.0 cm³/mol. The molecular formula is C14H12BrN3O. The minimum absolute atomic E-state index is 0.537. The molecule has 0 bridgehead atoms. The van der Waals surface area contributed by atoms with E-state index in [-0.39, 0.29) is 0 Å². The smallest absolute Gasteiger partial charge is 0.246 e. The van der Waals surface area contributed by atoms with Gasteiger partial charge in [-0.2, -0.15) is 4.98 Å². The first kappa shape index (κ1) is 11.2. The van der Waals surface area contributed by atoms with Gasteiger partial charge in [0.25, 0.3) is 0 Å². The number of benzene rings is 1. The Bertz CT molecular complexity index is 742. The van der Waals surface area contributed by atoms with Crippen LogP contribution in [0.15, 0.2) is 39.5 Å². The molecule has 0 N–H and O–H groups in total. The predicted octanol–water partition coefficient (Wildman–Crippen LogP) is 3.71. The van der Waals surface area contributed by atoms with Crippen molar-refractivity contribution in [3.05, 3.63) is 46.7 Å². The molecule has 1 fully saturated rings. The van der Waals surface area contributed by atoms with Crippen LogP contribution in [0.3, 0.4) is 0 Å². The molecule has 5 heteroatoms. The summed E-state index contributed by atoms with van der Waals surface area (Å²) in [7, 11) is 0. The molecule has 1 saturated carbocycles. The second kappa shape index (κ2) is 4.20. The zero-order chi connectivity index (χ0) is 12.8. The summed E-state index contributed by atoms with van der Waals surface area (Å²) in [6.45, 7) is 0.630. The maximum absolute atomic E-state index is 5.32. The molecule has 96 valence electrons. The van der Waals surface area contributed by atoms with Crippen LogP contribution in [0.25, 0.3) is 10.9 Å². The molecule has 0 aliphatic heterocycles. The molecule has 1 aromatic carbocycles. The van der Waals surface area contributed by atoms with Crippen LogP contribution in [0.1, 0.15) is 30.5 Å². The molecule has 0 unspecified atom stereocenters. The fourth-order valence-electron chi connectivity index (χ4n) is 2.29. The lowest BCUT2D eigenvalue weighted by atomic mass is 10.2. The van der Waals surface area contributed by atoms with Crippen molar-refractivity contribution in [2.45, 2.75) is 25.3 Å². The van der Waals surface area contributed by atoms with Gasteiger partial charge in [-0.25, -0.2) is 0 Å². The lowest BCUT2D eigenvalue weighted by Gasteiger charge is -2.01. The summed E-state index contributed by atoms with van der Waals surface area (Å²) in [5.41, 5.74) is 1.18. The van der Waals surface area contributed by atoms with Gasteiger partial charge in [0, 0.05) is 27.5 Å². The Labute approximate surface area is 118 Å². The normalized spacial score (nSPS) is 15.2. The van der Waals surface area contributed by atoms with E-state index in [9.17, 15) is 0 Å². The Kier molecular flexibility index (Phi) is 2.48. The zero-order valence-corrected chi connectivity index (χ0v) is 11.8. The summed E-state index contributed by atoms with van der Waals surface area (Å²) in [5.74, 6) is 2.09. The Hall–Kier alpha value is -1.62. The van der Waals surface area contributed by atoms with Gasteiger partial charge in [0.1, 0.15) is 6.54 Å². The van der Waals surface area contributed by atoms with Crippen LogP contribution in [0.2, 0.25) is 0 Å². The van der Waals surface area contributed by atoms with Crippen LogP contribution in [-0.4, -0.2) is 14.7 Å². The molecule has 3 aromatic rings. The van der Waals surface area contributed by atoms with Crippen molar-refractivity contribution in [2.75, 3.05) is 0 Å². The summed E-state index contributed by atoms with van der Waals surface area (Å²) < 4.78 is 8.54. The van der Waals surface area contributed by atoms with Gasteiger partial charge >= 0.3 is 0 Å². The molecule has 0 atom stereocenters. The maximum atomic E-state index is 5.32. The lowest BCUT2D eigenvalue weighted by molar-refractivity contribution is 0.367. The first-order valence-corrected chi connectivity index (χ1v) is 7.16. The molecule has 1 aliphatic carbocycles. The third-order valence-electron chi connectivity index (χ3n) is 3.46. The Balaban J connectivity index is 1.66. The monoisotopic (exact) mass is 317 g/mol. The summed E-state index contributed by atoms with van der Waals surface area (Å²) in [6.07, 6.45) is 4.44. The molecule has 0 radical (unpaired) electrons. The number of nitrogens with zero attached hydrogens (tertiary/aromatic N) is 3. The van der Waals surface area contributed by atoms with Crippen molar-refractivity contribution >= 4 is 26.8 Å². The number of aromatic nitrogens is 3. The van der Waals surface area contributed by atoms with Crippen LogP contribution in [0, 0.1) is 0 Å². The minimum Gasteiger partial charge on any atom is -0.338 e. The second-order valence-electron chi connectivity index (χ2n) is 4.97. The van der Waals surface area contributed by atoms with E-state index in [1.54, 1.807) is 0 Å². The highest BCUT2D eigenvalue weighted by atomic mass is 79.9. The average Bonchev–Trinajstić information content (AvgIpc) is 3.03. The highest BCUT2D eigenvalue weighted by Crippen LogP contribution is 2.38. The summed E-state index contributed by atoms with van der Waals surface area (Å²) >= 11 is 3.48.